The summed E-state index contributed by atoms with van der Waals surface area (Å²) in [6, 6.07) is 1.85. The van der Waals surface area contributed by atoms with Gasteiger partial charge in [0.2, 0.25) is 0 Å². The predicted octanol–water partition coefficient (Wildman–Crippen LogP) is 1.63. The van der Waals surface area contributed by atoms with Gasteiger partial charge < -0.3 is 15.6 Å². The predicted molar refractivity (Wildman–Crippen MR) is 85.0 cm³/mol. The van der Waals surface area contributed by atoms with Crippen molar-refractivity contribution in [2.24, 2.45) is 11.3 Å². The molecular formula is C13H24N6S. The highest BCUT2D eigenvalue weighted by Gasteiger charge is 2.28. The largest absolute Gasteiger partial charge is 0.369 e. The molecule has 1 aliphatic rings. The second-order valence-electron chi connectivity index (χ2n) is 5.74. The van der Waals surface area contributed by atoms with E-state index < -0.39 is 0 Å². The number of likely N-dealkylation sites (tertiary alicyclic amines) is 1. The Hall–Kier alpha value is -1.05. The zero-order chi connectivity index (χ0) is 14.6. The number of thioether (sulfide) groups is 1. The lowest BCUT2D eigenvalue weighted by atomic mass is 9.80. The molecule has 7 heteroatoms. The van der Waals surface area contributed by atoms with Crippen LogP contribution in [-0.2, 0) is 0 Å². The topological polar surface area (TPSA) is 79.1 Å². The minimum absolute atomic E-state index is 0.327. The van der Waals surface area contributed by atoms with Crippen LogP contribution >= 0.6 is 11.8 Å². The van der Waals surface area contributed by atoms with E-state index in [1.54, 1.807) is 0 Å². The van der Waals surface area contributed by atoms with Gasteiger partial charge in [-0.2, -0.15) is 0 Å². The molecule has 1 fully saturated rings. The minimum Gasteiger partial charge on any atom is -0.369 e. The number of hydrogen-bond acceptors (Lipinski definition) is 7. The summed E-state index contributed by atoms with van der Waals surface area (Å²) in [6.45, 7) is 5.59. The Bertz CT molecular complexity index is 422. The van der Waals surface area contributed by atoms with E-state index in [0.29, 0.717) is 11.2 Å². The Kier molecular flexibility index (Phi) is 5.06. The molecule has 6 nitrogen and oxygen atoms in total. The van der Waals surface area contributed by atoms with Crippen molar-refractivity contribution in [2.75, 3.05) is 43.7 Å². The highest BCUT2D eigenvalue weighted by Crippen LogP contribution is 2.30. The summed E-state index contributed by atoms with van der Waals surface area (Å²) in [6.07, 6.45) is 4.37. The fourth-order valence-corrected chi connectivity index (χ4v) is 2.70. The molecule has 0 spiro atoms. The number of hydrazine groups is 1. The standard InChI is InChI=1S/C13H24N6S/c1-13(4-6-19(2)7-5-13)9-15-10-8-11(18-14)17-12(16-10)20-3/h8H,4-7,9,14H2,1-3H3,(H2,15,16,17,18). The fourth-order valence-electron chi connectivity index (χ4n) is 2.32. The molecule has 0 amide bonds. The van der Waals surface area contributed by atoms with Crippen LogP contribution in [0.4, 0.5) is 11.6 Å². The van der Waals surface area contributed by atoms with Gasteiger partial charge in [-0.05, 0) is 44.6 Å². The van der Waals surface area contributed by atoms with Crippen molar-refractivity contribution in [1.29, 1.82) is 0 Å². The smallest absolute Gasteiger partial charge is 0.191 e. The first kappa shape index (κ1) is 15.3. The molecule has 2 heterocycles. The van der Waals surface area contributed by atoms with Crippen LogP contribution in [0.1, 0.15) is 19.8 Å². The molecule has 2 rings (SSSR count). The highest BCUT2D eigenvalue weighted by atomic mass is 32.2. The van der Waals surface area contributed by atoms with Gasteiger partial charge >= 0.3 is 0 Å². The van der Waals surface area contributed by atoms with Gasteiger partial charge in [-0.1, -0.05) is 18.7 Å². The summed E-state index contributed by atoms with van der Waals surface area (Å²) in [4.78, 5) is 11.1. The maximum atomic E-state index is 5.44. The van der Waals surface area contributed by atoms with Gasteiger partial charge in [-0.3, -0.25) is 0 Å². The first-order valence-corrected chi connectivity index (χ1v) is 8.09. The first-order valence-electron chi connectivity index (χ1n) is 6.87. The SMILES string of the molecule is CSc1nc(NN)cc(NCC2(C)CCN(C)CC2)n1. The molecule has 0 atom stereocenters. The van der Waals surface area contributed by atoms with Gasteiger partial charge in [0.25, 0.3) is 0 Å². The molecule has 0 bridgehead atoms. The molecular weight excluding hydrogens is 272 g/mol. The third kappa shape index (κ3) is 3.97. The number of rotatable bonds is 5. The second-order valence-corrected chi connectivity index (χ2v) is 6.51. The average molecular weight is 296 g/mol. The Morgan fingerprint density at radius 2 is 2.00 bits per heavy atom. The van der Waals surface area contributed by atoms with Gasteiger partial charge in [-0.25, -0.2) is 15.8 Å². The van der Waals surface area contributed by atoms with Crippen LogP contribution in [0.2, 0.25) is 0 Å². The summed E-state index contributed by atoms with van der Waals surface area (Å²) in [5.74, 6) is 6.91. The maximum Gasteiger partial charge on any atom is 0.191 e. The van der Waals surface area contributed by atoms with E-state index >= 15 is 0 Å². The van der Waals surface area contributed by atoms with Gasteiger partial charge in [0.15, 0.2) is 5.16 Å². The third-order valence-electron chi connectivity index (χ3n) is 3.93. The summed E-state index contributed by atoms with van der Waals surface area (Å²) < 4.78 is 0. The van der Waals surface area contributed by atoms with Crippen molar-refractivity contribution in [3.8, 4) is 0 Å². The molecule has 0 saturated carbocycles. The monoisotopic (exact) mass is 296 g/mol. The van der Waals surface area contributed by atoms with E-state index in [2.05, 4.69) is 39.6 Å². The van der Waals surface area contributed by atoms with Crippen LogP contribution in [0, 0.1) is 5.41 Å². The minimum atomic E-state index is 0.327. The highest BCUT2D eigenvalue weighted by molar-refractivity contribution is 7.98. The van der Waals surface area contributed by atoms with Crippen LogP contribution in [0.3, 0.4) is 0 Å². The van der Waals surface area contributed by atoms with Crippen molar-refractivity contribution in [3.63, 3.8) is 0 Å². The van der Waals surface area contributed by atoms with Gasteiger partial charge in [0.1, 0.15) is 11.6 Å². The maximum absolute atomic E-state index is 5.44. The molecule has 1 aromatic rings. The molecule has 0 radical (unpaired) electrons. The van der Waals surface area contributed by atoms with Crippen molar-refractivity contribution in [1.82, 2.24) is 14.9 Å². The molecule has 0 aliphatic carbocycles. The molecule has 112 valence electrons. The lowest BCUT2D eigenvalue weighted by Gasteiger charge is -2.38. The van der Waals surface area contributed by atoms with E-state index in [0.717, 1.165) is 30.6 Å². The van der Waals surface area contributed by atoms with Crippen LogP contribution in [-0.4, -0.2) is 47.8 Å². The number of anilines is 2. The molecule has 0 unspecified atom stereocenters. The molecule has 1 aliphatic heterocycles. The summed E-state index contributed by atoms with van der Waals surface area (Å²) in [7, 11) is 2.18. The number of nitrogen functional groups attached to an aromatic ring is 1. The molecule has 20 heavy (non-hydrogen) atoms. The average Bonchev–Trinajstić information content (AvgIpc) is 2.48. The quantitative estimate of drug-likeness (QED) is 0.330. The molecule has 4 N–H and O–H groups in total. The summed E-state index contributed by atoms with van der Waals surface area (Å²) in [5, 5.41) is 4.16. The normalized spacial score (nSPS) is 18.8. The van der Waals surface area contributed by atoms with Crippen LogP contribution in [0.15, 0.2) is 11.2 Å². The Morgan fingerprint density at radius 3 is 2.60 bits per heavy atom. The molecule has 1 aromatic heterocycles. The lowest BCUT2D eigenvalue weighted by Crippen LogP contribution is -2.40. The van der Waals surface area contributed by atoms with E-state index in [1.807, 2.05) is 12.3 Å². The van der Waals surface area contributed by atoms with Gasteiger partial charge in [-0.15, -0.1) is 0 Å². The second kappa shape index (κ2) is 6.60. The van der Waals surface area contributed by atoms with Crippen molar-refractivity contribution in [2.45, 2.75) is 24.9 Å². The summed E-state index contributed by atoms with van der Waals surface area (Å²) >= 11 is 1.51. The van der Waals surface area contributed by atoms with E-state index in [-0.39, 0.29) is 0 Å². The molecule has 0 aromatic carbocycles. The zero-order valence-corrected chi connectivity index (χ0v) is 13.3. The first-order chi connectivity index (χ1) is 9.54. The number of piperidine rings is 1. The fraction of sp³-hybridized carbons (Fsp3) is 0.692. The van der Waals surface area contributed by atoms with Crippen LogP contribution < -0.4 is 16.6 Å². The van der Waals surface area contributed by atoms with Gasteiger partial charge in [0.05, 0.1) is 0 Å². The van der Waals surface area contributed by atoms with E-state index in [9.17, 15) is 0 Å². The Morgan fingerprint density at radius 1 is 1.35 bits per heavy atom. The van der Waals surface area contributed by atoms with Crippen molar-refractivity contribution < 1.29 is 0 Å². The van der Waals surface area contributed by atoms with E-state index in [4.69, 9.17) is 5.84 Å². The van der Waals surface area contributed by atoms with Gasteiger partial charge in [0, 0.05) is 12.6 Å². The third-order valence-corrected chi connectivity index (χ3v) is 4.47. The van der Waals surface area contributed by atoms with Crippen molar-refractivity contribution in [3.05, 3.63) is 6.07 Å². The number of aromatic nitrogens is 2. The van der Waals surface area contributed by atoms with Crippen molar-refractivity contribution >= 4 is 23.4 Å². The number of nitrogens with two attached hydrogens (primary N) is 1. The van der Waals surface area contributed by atoms with E-state index in [1.165, 1.54) is 24.6 Å². The number of nitrogens with one attached hydrogen (secondary N) is 2. The number of hydrogen-bond donors (Lipinski definition) is 3. The lowest BCUT2D eigenvalue weighted by molar-refractivity contribution is 0.150. The number of nitrogens with zero attached hydrogens (tertiary/aromatic N) is 3. The Labute approximate surface area is 124 Å². The van der Waals surface area contributed by atoms with Crippen LogP contribution in [0.25, 0.3) is 0 Å². The summed E-state index contributed by atoms with van der Waals surface area (Å²) in [5.41, 5.74) is 2.91. The van der Waals surface area contributed by atoms with Crippen LogP contribution in [0.5, 0.6) is 0 Å². The zero-order valence-electron chi connectivity index (χ0n) is 12.4. The Balaban J connectivity index is 1.99. The molecule has 1 saturated heterocycles.